The van der Waals surface area contributed by atoms with E-state index in [1.807, 2.05) is 54.6 Å². The van der Waals surface area contributed by atoms with Crippen LogP contribution in [0.1, 0.15) is 63.2 Å². The first-order valence-corrected chi connectivity index (χ1v) is 17.3. The van der Waals surface area contributed by atoms with Gasteiger partial charge in [0.25, 0.3) is 0 Å². The third-order valence-electron chi connectivity index (χ3n) is 8.87. The number of fused-ring (bicyclic) bond motifs is 1. The highest BCUT2D eigenvalue weighted by atomic mass is 28.3. The summed E-state index contributed by atoms with van der Waals surface area (Å²) in [5, 5.41) is 1.19. The summed E-state index contributed by atoms with van der Waals surface area (Å²) in [6.45, 7) is 14.7. The van der Waals surface area contributed by atoms with Crippen molar-refractivity contribution in [2.24, 2.45) is 0 Å². The number of benzene rings is 3. The summed E-state index contributed by atoms with van der Waals surface area (Å²) < 4.78 is 14.2. The highest BCUT2D eigenvalue weighted by Crippen LogP contribution is 2.45. The lowest BCUT2D eigenvalue weighted by Crippen LogP contribution is -2.51. The molecule has 0 N–H and O–H groups in total. The summed E-state index contributed by atoms with van der Waals surface area (Å²) in [6, 6.07) is 27.8. The van der Waals surface area contributed by atoms with Crippen molar-refractivity contribution in [2.75, 3.05) is 7.11 Å². The van der Waals surface area contributed by atoms with Gasteiger partial charge in [-0.1, -0.05) is 71.9 Å². The van der Waals surface area contributed by atoms with Crippen LogP contribution in [-0.4, -0.2) is 30.3 Å². The molecular formula is C37H42N2O3Si. The summed E-state index contributed by atoms with van der Waals surface area (Å²) in [4.78, 5) is 17.9. The van der Waals surface area contributed by atoms with Crippen LogP contribution in [0.25, 0.3) is 22.0 Å². The van der Waals surface area contributed by atoms with E-state index in [1.54, 1.807) is 19.4 Å². The minimum Gasteiger partial charge on any atom is -0.497 e. The second-order valence-electron chi connectivity index (χ2n) is 12.2. The maximum Gasteiger partial charge on any atom is 0.211 e. The molecule has 0 radical (unpaired) electrons. The van der Waals surface area contributed by atoms with E-state index in [4.69, 9.17) is 9.47 Å². The van der Waals surface area contributed by atoms with Gasteiger partial charge in [-0.15, -0.1) is 0 Å². The second kappa shape index (κ2) is 12.6. The lowest BCUT2D eigenvalue weighted by atomic mass is 9.97. The predicted molar refractivity (Wildman–Crippen MR) is 179 cm³/mol. The van der Waals surface area contributed by atoms with E-state index in [2.05, 4.69) is 81.2 Å². The van der Waals surface area contributed by atoms with E-state index in [9.17, 15) is 4.79 Å². The molecule has 5 rings (SSSR count). The smallest absolute Gasteiger partial charge is 0.211 e. The Kier molecular flexibility index (Phi) is 8.88. The highest BCUT2D eigenvalue weighted by molar-refractivity contribution is 6.82. The normalized spacial score (nSPS) is 12.0. The Balaban J connectivity index is 1.62. The Bertz CT molecular complexity index is 1680. The first-order valence-electron chi connectivity index (χ1n) is 15.1. The van der Waals surface area contributed by atoms with Crippen LogP contribution < -0.4 is 9.47 Å². The van der Waals surface area contributed by atoms with Crippen molar-refractivity contribution < 1.29 is 14.3 Å². The Labute approximate surface area is 256 Å². The largest absolute Gasteiger partial charge is 0.497 e. The molecule has 5 aromatic rings. The molecule has 0 amide bonds. The van der Waals surface area contributed by atoms with Gasteiger partial charge in [-0.05, 0) is 94.1 Å². The number of ketones is 1. The Morgan fingerprint density at radius 3 is 2.16 bits per heavy atom. The highest BCUT2D eigenvalue weighted by Gasteiger charge is 2.45. The molecule has 0 saturated heterocycles. The van der Waals surface area contributed by atoms with Crippen LogP contribution in [0.15, 0.2) is 97.3 Å². The van der Waals surface area contributed by atoms with Crippen molar-refractivity contribution in [3.05, 3.63) is 114 Å². The first-order chi connectivity index (χ1) is 20.7. The molecule has 0 aliphatic heterocycles. The number of ether oxygens (including phenoxy) is 2. The number of nitrogens with zero attached hydrogens (tertiary/aromatic N) is 2. The van der Waals surface area contributed by atoms with Gasteiger partial charge in [0.05, 0.1) is 7.11 Å². The van der Waals surface area contributed by atoms with Gasteiger partial charge in [0.1, 0.15) is 23.8 Å². The first kappa shape index (κ1) is 30.3. The van der Waals surface area contributed by atoms with E-state index in [1.165, 1.54) is 10.9 Å². The Morgan fingerprint density at radius 1 is 0.814 bits per heavy atom. The van der Waals surface area contributed by atoms with Crippen molar-refractivity contribution >= 4 is 24.9 Å². The number of pyridine rings is 1. The third kappa shape index (κ3) is 5.76. The third-order valence-corrected chi connectivity index (χ3v) is 15.6. The number of rotatable bonds is 11. The van der Waals surface area contributed by atoms with Gasteiger partial charge >= 0.3 is 0 Å². The van der Waals surface area contributed by atoms with E-state index in [-0.39, 0.29) is 5.78 Å². The van der Waals surface area contributed by atoms with E-state index in [0.717, 1.165) is 22.4 Å². The van der Waals surface area contributed by atoms with Crippen LogP contribution in [0.5, 0.6) is 11.5 Å². The number of aromatic nitrogens is 2. The molecule has 0 spiro atoms. The van der Waals surface area contributed by atoms with Crippen molar-refractivity contribution in [3.63, 3.8) is 0 Å². The maximum absolute atomic E-state index is 13.6. The zero-order chi connectivity index (χ0) is 30.7. The van der Waals surface area contributed by atoms with Gasteiger partial charge in [-0.3, -0.25) is 9.78 Å². The van der Waals surface area contributed by atoms with Crippen LogP contribution in [0.3, 0.4) is 0 Å². The number of carbonyl (C=O) groups is 1. The standard InChI is InChI=1S/C37H42N2O3Si/c1-25(2)43(26(3)4,27(5)6)39-20-18-34-33(11-10-13-36(34)39)29-21-30(37(40)35-12-8-9-19-38-35)23-32(22-29)42-24-28-14-16-31(41-7)17-15-28/h8-23,25-27H,24H2,1-7H3. The summed E-state index contributed by atoms with van der Waals surface area (Å²) in [7, 11) is -0.305. The quantitative estimate of drug-likeness (QED) is 0.114. The minimum atomic E-state index is -1.96. The van der Waals surface area contributed by atoms with Gasteiger partial charge in [0.2, 0.25) is 5.78 Å². The summed E-state index contributed by atoms with van der Waals surface area (Å²) in [5.74, 6) is 1.31. The molecule has 2 heterocycles. The lowest BCUT2D eigenvalue weighted by Gasteiger charge is -2.44. The molecule has 0 unspecified atom stereocenters. The van der Waals surface area contributed by atoms with Crippen molar-refractivity contribution in [2.45, 2.75) is 64.8 Å². The molecule has 0 saturated carbocycles. The molecule has 0 aliphatic rings. The molecule has 222 valence electrons. The average molecular weight is 591 g/mol. The number of hydrogen-bond donors (Lipinski definition) is 0. The zero-order valence-corrected chi connectivity index (χ0v) is 27.3. The number of methoxy groups -OCH3 is 1. The van der Waals surface area contributed by atoms with Crippen LogP contribution in [-0.2, 0) is 6.61 Å². The summed E-state index contributed by atoms with van der Waals surface area (Å²) in [5.41, 5.74) is 6.97. The van der Waals surface area contributed by atoms with E-state index < -0.39 is 8.24 Å². The Morgan fingerprint density at radius 2 is 1.53 bits per heavy atom. The fourth-order valence-corrected chi connectivity index (χ4v) is 13.7. The topological polar surface area (TPSA) is 53.4 Å². The van der Waals surface area contributed by atoms with Gasteiger partial charge in [0, 0.05) is 22.7 Å². The molecule has 0 bridgehead atoms. The molecule has 0 aliphatic carbocycles. The molecule has 43 heavy (non-hydrogen) atoms. The van der Waals surface area contributed by atoms with Crippen molar-refractivity contribution in [3.8, 4) is 22.6 Å². The molecular weight excluding hydrogens is 549 g/mol. The lowest BCUT2D eigenvalue weighted by molar-refractivity contribution is 0.103. The molecule has 0 fully saturated rings. The molecule has 0 atom stereocenters. The number of carbonyl (C=O) groups excluding carboxylic acids is 1. The van der Waals surface area contributed by atoms with Crippen molar-refractivity contribution in [1.82, 2.24) is 9.22 Å². The summed E-state index contributed by atoms with van der Waals surface area (Å²) in [6.07, 6.45) is 3.96. The van der Waals surface area contributed by atoms with E-state index >= 15 is 0 Å². The van der Waals surface area contributed by atoms with Crippen LogP contribution in [0, 0.1) is 0 Å². The molecule has 2 aromatic heterocycles. The zero-order valence-electron chi connectivity index (χ0n) is 26.3. The SMILES string of the molecule is COc1ccc(COc2cc(C(=O)c3ccccn3)cc(-c3cccc4c3ccn4[Si](C(C)C)(C(C)C)C(C)C)c2)cc1. The molecule has 3 aromatic carbocycles. The Hall–Kier alpha value is -4.16. The minimum absolute atomic E-state index is 0.132. The van der Waals surface area contributed by atoms with E-state index in [0.29, 0.717) is 40.2 Å². The summed E-state index contributed by atoms with van der Waals surface area (Å²) >= 11 is 0. The van der Waals surface area contributed by atoms with Gasteiger partial charge in [-0.25, -0.2) is 0 Å². The fourth-order valence-electron chi connectivity index (χ4n) is 7.09. The second-order valence-corrected chi connectivity index (χ2v) is 17.9. The monoisotopic (exact) mass is 590 g/mol. The van der Waals surface area contributed by atoms with Crippen LogP contribution in [0.4, 0.5) is 0 Å². The van der Waals surface area contributed by atoms with Crippen LogP contribution in [0.2, 0.25) is 16.6 Å². The van der Waals surface area contributed by atoms with Crippen LogP contribution >= 0.6 is 0 Å². The van der Waals surface area contributed by atoms with Gasteiger partial charge < -0.3 is 13.7 Å². The fraction of sp³-hybridized carbons (Fsp3) is 0.297. The molecule has 6 heteroatoms. The predicted octanol–water partition coefficient (Wildman–Crippen LogP) is 9.55. The van der Waals surface area contributed by atoms with Gasteiger partial charge in [0.15, 0.2) is 8.24 Å². The molecule has 5 nitrogen and oxygen atoms in total. The number of hydrogen-bond acceptors (Lipinski definition) is 4. The maximum atomic E-state index is 13.6. The average Bonchev–Trinajstić information content (AvgIpc) is 3.44. The van der Waals surface area contributed by atoms with Gasteiger partial charge in [-0.2, -0.15) is 0 Å². The van der Waals surface area contributed by atoms with Crippen molar-refractivity contribution in [1.29, 1.82) is 0 Å².